The highest BCUT2D eigenvalue weighted by atomic mass is 35.5. The van der Waals surface area contributed by atoms with Crippen molar-refractivity contribution in [1.82, 2.24) is 0 Å². The minimum Gasteiger partial charge on any atom is -0.376 e. The highest BCUT2D eigenvalue weighted by Crippen LogP contribution is 2.35. The fourth-order valence-corrected chi connectivity index (χ4v) is 1.68. The Morgan fingerprint density at radius 1 is 1.30 bits per heavy atom. The summed E-state index contributed by atoms with van der Waals surface area (Å²) >= 11 is 11.4. The number of halogens is 5. The molecule has 110 valence electrons. The third-order valence-electron chi connectivity index (χ3n) is 2.43. The van der Waals surface area contributed by atoms with Crippen LogP contribution in [0.15, 0.2) is 24.3 Å². The Kier molecular flexibility index (Phi) is 5.07. The van der Waals surface area contributed by atoms with Gasteiger partial charge in [0.05, 0.1) is 16.5 Å². The Morgan fingerprint density at radius 3 is 2.35 bits per heavy atom. The minimum atomic E-state index is -5.03. The molecular formula is C12H10Cl2F3NO2. The molecule has 0 aromatic heterocycles. The monoisotopic (exact) mass is 327 g/mol. The number of primary amides is 1. The molecule has 1 atom stereocenters. The average molecular weight is 328 g/mol. The zero-order chi connectivity index (χ0) is 15.6. The first kappa shape index (κ1) is 16.8. The smallest absolute Gasteiger partial charge is 0.376 e. The van der Waals surface area contributed by atoms with Gasteiger partial charge in [-0.1, -0.05) is 35.3 Å². The van der Waals surface area contributed by atoms with Crippen molar-refractivity contribution in [3.8, 4) is 0 Å². The third kappa shape index (κ3) is 4.13. The first-order valence-electron chi connectivity index (χ1n) is 5.27. The van der Waals surface area contributed by atoms with Crippen molar-refractivity contribution in [2.45, 2.75) is 18.2 Å². The number of alkyl halides is 3. The highest BCUT2D eigenvalue weighted by Gasteiger charge is 2.52. The molecular weight excluding hydrogens is 318 g/mol. The van der Waals surface area contributed by atoms with Crippen LogP contribution >= 0.6 is 23.2 Å². The second kappa shape index (κ2) is 6.03. The van der Waals surface area contributed by atoms with E-state index in [0.29, 0.717) is 6.08 Å². The lowest BCUT2D eigenvalue weighted by Crippen LogP contribution is -2.46. The lowest BCUT2D eigenvalue weighted by atomic mass is 9.97. The van der Waals surface area contributed by atoms with Gasteiger partial charge in [-0.2, -0.15) is 13.2 Å². The quantitative estimate of drug-likeness (QED) is 0.892. The number of benzene rings is 1. The molecule has 0 saturated heterocycles. The molecule has 0 heterocycles. The number of hydrogen-bond donors (Lipinski definition) is 2. The molecule has 0 radical (unpaired) electrons. The molecule has 1 aromatic carbocycles. The molecule has 3 N–H and O–H groups in total. The van der Waals surface area contributed by atoms with Crippen LogP contribution in [0, 0.1) is 0 Å². The Labute approximate surface area is 122 Å². The second-order valence-electron chi connectivity index (χ2n) is 4.07. The van der Waals surface area contributed by atoms with Crippen LogP contribution in [0.3, 0.4) is 0 Å². The summed E-state index contributed by atoms with van der Waals surface area (Å²) in [6.07, 6.45) is -4.86. The summed E-state index contributed by atoms with van der Waals surface area (Å²) in [6.45, 7) is 0. The Bertz CT molecular complexity index is 546. The summed E-state index contributed by atoms with van der Waals surface area (Å²) in [5.74, 6) is -1.27. The fourth-order valence-electron chi connectivity index (χ4n) is 1.37. The highest BCUT2D eigenvalue weighted by molar-refractivity contribution is 6.42. The normalized spacial score (nSPS) is 15.3. The van der Waals surface area contributed by atoms with Crippen LogP contribution in [0.1, 0.15) is 12.0 Å². The van der Waals surface area contributed by atoms with Gasteiger partial charge in [0.2, 0.25) is 5.91 Å². The first-order valence-corrected chi connectivity index (χ1v) is 6.02. The maximum Gasteiger partial charge on any atom is 0.421 e. The van der Waals surface area contributed by atoms with Crippen LogP contribution < -0.4 is 5.73 Å². The van der Waals surface area contributed by atoms with Crippen LogP contribution in [-0.2, 0) is 4.79 Å². The SMILES string of the molecule is NC(=O)CC(O)(/C=C/c1ccc(Cl)c(Cl)c1)C(F)(F)F. The van der Waals surface area contributed by atoms with Gasteiger partial charge in [-0.05, 0) is 23.8 Å². The van der Waals surface area contributed by atoms with E-state index in [2.05, 4.69) is 0 Å². The van der Waals surface area contributed by atoms with Crippen molar-refractivity contribution < 1.29 is 23.1 Å². The molecule has 0 fully saturated rings. The lowest BCUT2D eigenvalue weighted by molar-refractivity contribution is -0.240. The van der Waals surface area contributed by atoms with Gasteiger partial charge in [0.15, 0.2) is 5.60 Å². The Hall–Kier alpha value is -1.24. The third-order valence-corrected chi connectivity index (χ3v) is 3.17. The predicted molar refractivity (Wildman–Crippen MR) is 70.3 cm³/mol. The van der Waals surface area contributed by atoms with Crippen molar-refractivity contribution in [3.63, 3.8) is 0 Å². The van der Waals surface area contributed by atoms with Gasteiger partial charge in [0, 0.05) is 0 Å². The minimum absolute atomic E-state index is 0.152. The van der Waals surface area contributed by atoms with Crippen molar-refractivity contribution in [2.24, 2.45) is 5.73 Å². The molecule has 1 rings (SSSR count). The van der Waals surface area contributed by atoms with Crippen LogP contribution in [0.25, 0.3) is 6.08 Å². The summed E-state index contributed by atoms with van der Waals surface area (Å²) in [5, 5.41) is 9.93. The molecule has 0 aliphatic carbocycles. The molecule has 0 bridgehead atoms. The van der Waals surface area contributed by atoms with E-state index in [1.807, 2.05) is 0 Å². The summed E-state index contributed by atoms with van der Waals surface area (Å²) in [4.78, 5) is 10.7. The Balaban J connectivity index is 3.09. The van der Waals surface area contributed by atoms with E-state index in [1.165, 1.54) is 18.2 Å². The molecule has 0 saturated carbocycles. The zero-order valence-electron chi connectivity index (χ0n) is 9.92. The maximum atomic E-state index is 12.8. The van der Waals surface area contributed by atoms with E-state index < -0.39 is 24.1 Å². The standard InChI is InChI=1S/C12H10Cl2F3NO2/c13-8-2-1-7(5-9(8)14)3-4-11(20,6-10(18)19)12(15,16)17/h1-5,20H,6H2,(H2,18,19)/b4-3+. The largest absolute Gasteiger partial charge is 0.421 e. The summed E-state index contributed by atoms with van der Waals surface area (Å²) in [6, 6.07) is 4.12. The van der Waals surface area contributed by atoms with Gasteiger partial charge in [0.25, 0.3) is 0 Å². The molecule has 20 heavy (non-hydrogen) atoms. The summed E-state index contributed by atoms with van der Waals surface area (Å²) in [7, 11) is 0. The van der Waals surface area contributed by atoms with Gasteiger partial charge in [-0.15, -0.1) is 0 Å². The number of nitrogens with two attached hydrogens (primary N) is 1. The number of carbonyl (C=O) groups is 1. The first-order chi connectivity index (χ1) is 9.05. The topological polar surface area (TPSA) is 63.3 Å². The number of rotatable bonds is 4. The van der Waals surface area contributed by atoms with E-state index >= 15 is 0 Å². The molecule has 1 unspecified atom stereocenters. The molecule has 3 nitrogen and oxygen atoms in total. The molecule has 0 aliphatic heterocycles. The number of amides is 1. The van der Waals surface area contributed by atoms with Crippen molar-refractivity contribution in [3.05, 3.63) is 39.9 Å². The zero-order valence-corrected chi connectivity index (χ0v) is 11.4. The van der Waals surface area contributed by atoms with Gasteiger partial charge in [-0.3, -0.25) is 4.79 Å². The summed E-state index contributed by atoms with van der Waals surface area (Å²) in [5.41, 5.74) is 1.67. The van der Waals surface area contributed by atoms with Crippen LogP contribution in [0.2, 0.25) is 10.0 Å². The van der Waals surface area contributed by atoms with Gasteiger partial charge >= 0.3 is 6.18 Å². The van der Waals surface area contributed by atoms with E-state index in [0.717, 1.165) is 6.08 Å². The van der Waals surface area contributed by atoms with Crippen LogP contribution in [-0.4, -0.2) is 22.8 Å². The van der Waals surface area contributed by atoms with Crippen LogP contribution in [0.4, 0.5) is 13.2 Å². The van der Waals surface area contributed by atoms with E-state index in [1.54, 1.807) is 0 Å². The van der Waals surface area contributed by atoms with Crippen LogP contribution in [0.5, 0.6) is 0 Å². The van der Waals surface area contributed by atoms with Gasteiger partial charge in [0.1, 0.15) is 0 Å². The number of aliphatic hydroxyl groups is 1. The number of carbonyl (C=O) groups excluding carboxylic acids is 1. The number of hydrogen-bond acceptors (Lipinski definition) is 2. The Morgan fingerprint density at radius 2 is 1.90 bits per heavy atom. The van der Waals surface area contributed by atoms with E-state index in [9.17, 15) is 23.1 Å². The van der Waals surface area contributed by atoms with E-state index in [-0.39, 0.29) is 15.6 Å². The predicted octanol–water partition coefficient (Wildman–Crippen LogP) is 3.18. The molecule has 1 aromatic rings. The maximum absolute atomic E-state index is 12.8. The molecule has 1 amide bonds. The van der Waals surface area contributed by atoms with Gasteiger partial charge < -0.3 is 10.8 Å². The molecule has 0 spiro atoms. The molecule has 8 heteroatoms. The molecule has 0 aliphatic rings. The average Bonchev–Trinajstić information content (AvgIpc) is 2.28. The second-order valence-corrected chi connectivity index (χ2v) is 4.89. The van der Waals surface area contributed by atoms with E-state index in [4.69, 9.17) is 28.9 Å². The van der Waals surface area contributed by atoms with Crippen molar-refractivity contribution in [1.29, 1.82) is 0 Å². The lowest BCUT2D eigenvalue weighted by Gasteiger charge is -2.26. The van der Waals surface area contributed by atoms with Gasteiger partial charge in [-0.25, -0.2) is 0 Å². The fraction of sp³-hybridized carbons (Fsp3) is 0.250. The summed E-state index contributed by atoms with van der Waals surface area (Å²) < 4.78 is 38.3. The van der Waals surface area contributed by atoms with Crippen molar-refractivity contribution in [2.75, 3.05) is 0 Å². The van der Waals surface area contributed by atoms with Crippen molar-refractivity contribution >= 4 is 35.2 Å².